The molecule has 1 heterocycles. The summed E-state index contributed by atoms with van der Waals surface area (Å²) < 4.78 is 10.8. The molecule has 3 aromatic carbocycles. The van der Waals surface area contributed by atoms with Crippen LogP contribution >= 0.6 is 0 Å². The summed E-state index contributed by atoms with van der Waals surface area (Å²) in [6, 6.07) is 24.9. The van der Waals surface area contributed by atoms with Crippen LogP contribution in [0.4, 0.5) is 0 Å². The fraction of sp³-hybridized carbons (Fsp3) is 0.208. The number of amides is 1. The molecule has 1 aliphatic heterocycles. The van der Waals surface area contributed by atoms with Crippen molar-refractivity contribution >= 4 is 5.91 Å². The molecule has 1 amide bonds. The molecule has 0 spiro atoms. The molecule has 29 heavy (non-hydrogen) atoms. The molecule has 3 aromatic rings. The van der Waals surface area contributed by atoms with E-state index in [4.69, 9.17) is 15.2 Å². The van der Waals surface area contributed by atoms with E-state index < -0.39 is 11.6 Å². The van der Waals surface area contributed by atoms with Gasteiger partial charge in [-0.25, -0.2) is 0 Å². The fourth-order valence-electron chi connectivity index (χ4n) is 4.20. The number of nitrogens with zero attached hydrogens (tertiary/aromatic N) is 1. The first-order valence-corrected chi connectivity index (χ1v) is 9.52. The highest BCUT2D eigenvalue weighted by Crippen LogP contribution is 2.47. The second kappa shape index (κ2) is 7.60. The number of ether oxygens (including phenoxy) is 2. The number of carbonyl (C=O) groups is 1. The highest BCUT2D eigenvalue weighted by atomic mass is 16.5. The molecule has 1 fully saturated rings. The van der Waals surface area contributed by atoms with Crippen LogP contribution in [0.5, 0.6) is 11.5 Å². The molecule has 5 heteroatoms. The summed E-state index contributed by atoms with van der Waals surface area (Å²) >= 11 is 0. The van der Waals surface area contributed by atoms with E-state index in [-0.39, 0.29) is 5.91 Å². The number of hydrogen-bond acceptors (Lipinski definition) is 4. The van der Waals surface area contributed by atoms with E-state index in [2.05, 4.69) is 0 Å². The number of methoxy groups -OCH3 is 2. The van der Waals surface area contributed by atoms with E-state index in [1.54, 1.807) is 14.2 Å². The molecule has 4 rings (SSSR count). The number of benzene rings is 3. The maximum Gasteiger partial charge on any atom is 0.244 e. The molecule has 2 N–H and O–H groups in total. The van der Waals surface area contributed by atoms with Gasteiger partial charge in [0.1, 0.15) is 23.1 Å². The number of carbonyl (C=O) groups excluding carboxylic acids is 1. The summed E-state index contributed by atoms with van der Waals surface area (Å²) in [4.78, 5) is 14.8. The maximum atomic E-state index is 13.0. The fourth-order valence-corrected chi connectivity index (χ4v) is 4.20. The molecule has 0 bridgehead atoms. The third-order valence-corrected chi connectivity index (χ3v) is 5.66. The number of rotatable bonds is 6. The Hall–Kier alpha value is -3.31. The Morgan fingerprint density at radius 3 is 2.00 bits per heavy atom. The third kappa shape index (κ3) is 2.95. The van der Waals surface area contributed by atoms with Gasteiger partial charge in [0.05, 0.1) is 20.8 Å². The number of β-lactam (4-membered cyclic amide) rings is 1. The van der Waals surface area contributed by atoms with Gasteiger partial charge in [-0.2, -0.15) is 0 Å². The van der Waals surface area contributed by atoms with Crippen LogP contribution in [0.3, 0.4) is 0 Å². The molecule has 0 aromatic heterocycles. The molecular weight excluding hydrogens is 364 g/mol. The smallest absolute Gasteiger partial charge is 0.244 e. The lowest BCUT2D eigenvalue weighted by molar-refractivity contribution is -0.159. The first-order chi connectivity index (χ1) is 14.1. The third-order valence-electron chi connectivity index (χ3n) is 5.66. The summed E-state index contributed by atoms with van der Waals surface area (Å²) in [5.74, 6) is 1.29. The first kappa shape index (κ1) is 19.0. The van der Waals surface area contributed by atoms with Gasteiger partial charge in [-0.15, -0.1) is 0 Å². The lowest BCUT2D eigenvalue weighted by Gasteiger charge is -2.57. The second-order valence-corrected chi connectivity index (χ2v) is 7.08. The molecular formula is C24H24N2O3. The summed E-state index contributed by atoms with van der Waals surface area (Å²) in [6.07, 6.45) is 0. The van der Waals surface area contributed by atoms with Crippen molar-refractivity contribution in [2.24, 2.45) is 5.73 Å². The van der Waals surface area contributed by atoms with Gasteiger partial charge in [0, 0.05) is 11.6 Å². The van der Waals surface area contributed by atoms with Gasteiger partial charge in [-0.1, -0.05) is 60.7 Å². The Balaban J connectivity index is 1.82. The number of likely N-dealkylation sites (tertiary alicyclic amines) is 1. The van der Waals surface area contributed by atoms with Crippen molar-refractivity contribution in [2.75, 3.05) is 14.2 Å². The van der Waals surface area contributed by atoms with Crippen molar-refractivity contribution in [3.8, 4) is 11.5 Å². The van der Waals surface area contributed by atoms with Crippen molar-refractivity contribution in [3.05, 3.63) is 95.6 Å². The quantitative estimate of drug-likeness (QED) is 0.658. The average molecular weight is 388 g/mol. The number of nitrogens with two attached hydrogens (primary N) is 1. The Morgan fingerprint density at radius 2 is 1.48 bits per heavy atom. The van der Waals surface area contributed by atoms with E-state index in [1.807, 2.05) is 83.8 Å². The predicted molar refractivity (Wildman–Crippen MR) is 112 cm³/mol. The molecule has 1 unspecified atom stereocenters. The van der Waals surface area contributed by atoms with Crippen molar-refractivity contribution in [1.82, 2.24) is 4.90 Å². The Bertz CT molecular complexity index is 966. The van der Waals surface area contributed by atoms with Gasteiger partial charge >= 0.3 is 0 Å². The lowest BCUT2D eigenvalue weighted by atomic mass is 9.68. The molecule has 0 aliphatic carbocycles. The van der Waals surface area contributed by atoms with Gasteiger partial charge < -0.3 is 20.1 Å². The van der Waals surface area contributed by atoms with E-state index in [9.17, 15) is 4.79 Å². The van der Waals surface area contributed by atoms with Crippen LogP contribution in [0.25, 0.3) is 0 Å². The van der Waals surface area contributed by atoms with Crippen molar-refractivity contribution in [2.45, 2.75) is 18.1 Å². The van der Waals surface area contributed by atoms with Crippen LogP contribution in [-0.4, -0.2) is 31.1 Å². The van der Waals surface area contributed by atoms with Gasteiger partial charge in [0.2, 0.25) is 5.91 Å². The Labute approximate surface area is 170 Å². The van der Waals surface area contributed by atoms with E-state index in [0.29, 0.717) is 18.0 Å². The van der Waals surface area contributed by atoms with Crippen molar-refractivity contribution in [1.29, 1.82) is 0 Å². The normalized spacial score (nSPS) is 17.6. The molecule has 1 saturated heterocycles. The Kier molecular flexibility index (Phi) is 4.99. The predicted octanol–water partition coefficient (Wildman–Crippen LogP) is 3.32. The molecule has 0 radical (unpaired) electrons. The highest BCUT2D eigenvalue weighted by Gasteiger charge is 2.60. The van der Waals surface area contributed by atoms with Crippen molar-refractivity contribution in [3.63, 3.8) is 0 Å². The minimum atomic E-state index is -0.732. The first-order valence-electron chi connectivity index (χ1n) is 9.52. The van der Waals surface area contributed by atoms with Gasteiger partial charge in [0.25, 0.3) is 0 Å². The summed E-state index contributed by atoms with van der Waals surface area (Å²) in [6.45, 7) is 0.378. The summed E-state index contributed by atoms with van der Waals surface area (Å²) in [5.41, 5.74) is 8.63. The summed E-state index contributed by atoms with van der Waals surface area (Å²) in [7, 11) is 3.23. The van der Waals surface area contributed by atoms with E-state index in [1.165, 1.54) is 0 Å². The largest absolute Gasteiger partial charge is 0.497 e. The topological polar surface area (TPSA) is 64.8 Å². The monoisotopic (exact) mass is 388 g/mol. The van der Waals surface area contributed by atoms with E-state index >= 15 is 0 Å². The van der Waals surface area contributed by atoms with Gasteiger partial charge in [0.15, 0.2) is 0 Å². The zero-order valence-electron chi connectivity index (χ0n) is 16.5. The standard InChI is InChI=1S/C24H24N2O3/c1-28-20-14-13-17(21(15-20)29-2)16-26-23(27)22(25)24(26,18-9-5-3-6-10-18)19-11-7-4-8-12-19/h3-15,22H,16,25H2,1-2H3. The number of hydrogen-bond donors (Lipinski definition) is 1. The zero-order valence-corrected chi connectivity index (χ0v) is 16.5. The second-order valence-electron chi connectivity index (χ2n) is 7.08. The van der Waals surface area contributed by atoms with Crippen LogP contribution in [-0.2, 0) is 16.9 Å². The Morgan fingerprint density at radius 1 is 0.897 bits per heavy atom. The average Bonchev–Trinajstić information content (AvgIpc) is 2.79. The maximum absolute atomic E-state index is 13.0. The van der Waals surface area contributed by atoms with Crippen LogP contribution < -0.4 is 15.2 Å². The zero-order chi connectivity index (χ0) is 20.4. The van der Waals surface area contributed by atoms with E-state index in [0.717, 1.165) is 16.7 Å². The molecule has 148 valence electrons. The van der Waals surface area contributed by atoms with Crippen molar-refractivity contribution < 1.29 is 14.3 Å². The SMILES string of the molecule is COc1ccc(CN2C(=O)C(N)C2(c2ccccc2)c2ccccc2)c(OC)c1. The van der Waals surface area contributed by atoms with Crippen LogP contribution in [0, 0.1) is 0 Å². The van der Waals surface area contributed by atoms with Gasteiger partial charge in [-0.05, 0) is 23.3 Å². The molecule has 5 nitrogen and oxygen atoms in total. The molecule has 0 saturated carbocycles. The lowest BCUT2D eigenvalue weighted by Crippen LogP contribution is -2.75. The minimum absolute atomic E-state index is 0.0874. The van der Waals surface area contributed by atoms with Crippen LogP contribution in [0.15, 0.2) is 78.9 Å². The van der Waals surface area contributed by atoms with Gasteiger partial charge in [-0.3, -0.25) is 4.79 Å². The molecule has 1 atom stereocenters. The summed E-state index contributed by atoms with van der Waals surface area (Å²) in [5, 5.41) is 0. The van der Waals surface area contributed by atoms with Crippen LogP contribution in [0.1, 0.15) is 16.7 Å². The minimum Gasteiger partial charge on any atom is -0.497 e. The molecule has 1 aliphatic rings. The van der Waals surface area contributed by atoms with Crippen LogP contribution in [0.2, 0.25) is 0 Å². The highest BCUT2D eigenvalue weighted by molar-refractivity contribution is 5.93.